The van der Waals surface area contributed by atoms with Crippen LogP contribution in [0.25, 0.3) is 22.7 Å². The summed E-state index contributed by atoms with van der Waals surface area (Å²) in [5.41, 5.74) is 4.89. The maximum absolute atomic E-state index is 12.3. The highest BCUT2D eigenvalue weighted by Crippen LogP contribution is 2.39. The fraction of sp³-hybridized carbons (Fsp3) is 0.261. The van der Waals surface area contributed by atoms with E-state index in [0.29, 0.717) is 11.3 Å². The highest BCUT2D eigenvalue weighted by molar-refractivity contribution is 6.01. The van der Waals surface area contributed by atoms with Crippen LogP contribution in [0.1, 0.15) is 43.9 Å². The minimum atomic E-state index is -0.672. The van der Waals surface area contributed by atoms with E-state index >= 15 is 0 Å². The largest absolute Gasteiger partial charge is 0.505 e. The number of aliphatic hydroxyl groups excluding tert-OH is 1. The molecule has 0 unspecified atom stereocenters. The highest BCUT2D eigenvalue weighted by atomic mass is 16.5. The van der Waals surface area contributed by atoms with Gasteiger partial charge in [0.2, 0.25) is 0 Å². The van der Waals surface area contributed by atoms with Crippen LogP contribution >= 0.6 is 0 Å². The molecule has 6 nitrogen and oxygen atoms in total. The lowest BCUT2D eigenvalue weighted by atomic mass is 9.96. The Morgan fingerprint density at radius 3 is 2.72 bits per heavy atom. The van der Waals surface area contributed by atoms with Gasteiger partial charge in [-0.15, -0.1) is 0 Å². The van der Waals surface area contributed by atoms with Crippen LogP contribution in [0.2, 0.25) is 0 Å². The Kier molecular flexibility index (Phi) is 6.12. The third-order valence-electron chi connectivity index (χ3n) is 4.74. The summed E-state index contributed by atoms with van der Waals surface area (Å²) in [7, 11) is 1.27. The number of rotatable bonds is 5. The number of methoxy groups -OCH3 is 1. The maximum atomic E-state index is 12.3. The molecule has 1 aromatic carbocycles. The van der Waals surface area contributed by atoms with E-state index in [1.54, 1.807) is 19.3 Å². The Morgan fingerprint density at radius 2 is 2.07 bits per heavy atom. The Hall–Kier alpha value is -3.41. The normalized spacial score (nSPS) is 15.2. The second-order valence-corrected chi connectivity index (χ2v) is 6.61. The number of aromatic nitrogens is 1. The molecule has 1 aliphatic rings. The molecule has 1 N–H and O–H groups in total. The van der Waals surface area contributed by atoms with Gasteiger partial charge in [-0.2, -0.15) is 5.10 Å². The molecule has 2 heterocycles. The molecule has 0 fully saturated rings. The van der Waals surface area contributed by atoms with Gasteiger partial charge in [0.15, 0.2) is 11.5 Å². The number of hydrazone groups is 1. The van der Waals surface area contributed by atoms with E-state index in [1.807, 2.05) is 31.2 Å². The van der Waals surface area contributed by atoms with E-state index in [1.165, 1.54) is 17.7 Å². The van der Waals surface area contributed by atoms with Gasteiger partial charge in [0.05, 0.1) is 18.5 Å². The molecule has 0 atom stereocenters. The number of benzene rings is 1. The first kappa shape index (κ1) is 20.3. The van der Waals surface area contributed by atoms with Crippen LogP contribution in [0.5, 0.6) is 0 Å². The molecule has 0 bridgehead atoms. The molecular formula is C23H25N3O3. The van der Waals surface area contributed by atoms with Crippen molar-refractivity contribution in [1.82, 2.24) is 9.99 Å². The summed E-state index contributed by atoms with van der Waals surface area (Å²) in [5.74, 6) is -0.878. The van der Waals surface area contributed by atoms with Crippen molar-refractivity contribution < 1.29 is 14.6 Å². The van der Waals surface area contributed by atoms with Gasteiger partial charge in [0.1, 0.15) is 0 Å². The molecule has 2 aromatic rings. The number of aryl methyl sites for hydroxylation is 1. The van der Waals surface area contributed by atoms with Gasteiger partial charge < -0.3 is 9.84 Å². The Morgan fingerprint density at radius 1 is 1.28 bits per heavy atom. The van der Waals surface area contributed by atoms with Gasteiger partial charge in [-0.25, -0.2) is 9.80 Å². The van der Waals surface area contributed by atoms with Crippen LogP contribution in [0.4, 0.5) is 0 Å². The number of hydrogen-bond acceptors (Lipinski definition) is 6. The average Bonchev–Trinajstić information content (AvgIpc) is 2.74. The van der Waals surface area contributed by atoms with E-state index in [9.17, 15) is 9.90 Å². The SMILES string of the molecule is C/C=N\N1C(C(=O)OC)=C(O)c2cnc(-c3cccc(CCC)c3)cc2/C1=C\C. The van der Waals surface area contributed by atoms with Crippen LogP contribution in [0.3, 0.4) is 0 Å². The second kappa shape index (κ2) is 8.73. The molecule has 0 spiro atoms. The number of hydrogen-bond donors (Lipinski definition) is 1. The van der Waals surface area contributed by atoms with Crippen LogP contribution in [-0.4, -0.2) is 34.4 Å². The van der Waals surface area contributed by atoms with E-state index in [-0.39, 0.29) is 11.5 Å². The molecule has 0 saturated heterocycles. The summed E-state index contributed by atoms with van der Waals surface area (Å²) in [6.07, 6.45) is 7.07. The zero-order chi connectivity index (χ0) is 21.0. The second-order valence-electron chi connectivity index (χ2n) is 6.61. The molecule has 150 valence electrons. The fourth-order valence-electron chi connectivity index (χ4n) is 3.44. The van der Waals surface area contributed by atoms with Gasteiger partial charge in [-0.1, -0.05) is 37.6 Å². The number of esters is 1. The number of nitrogens with zero attached hydrogens (tertiary/aromatic N) is 3. The number of aliphatic hydroxyl groups is 1. The summed E-state index contributed by atoms with van der Waals surface area (Å²) < 4.78 is 4.85. The maximum Gasteiger partial charge on any atom is 0.360 e. The number of allylic oxidation sites excluding steroid dienone is 1. The number of ether oxygens (including phenoxy) is 1. The lowest BCUT2D eigenvalue weighted by Crippen LogP contribution is -2.28. The molecule has 1 aromatic heterocycles. The Bertz CT molecular complexity index is 1020. The topological polar surface area (TPSA) is 75.0 Å². The monoisotopic (exact) mass is 391 g/mol. The Balaban J connectivity index is 2.19. The van der Waals surface area contributed by atoms with Crippen molar-refractivity contribution in [2.45, 2.75) is 33.6 Å². The minimum Gasteiger partial charge on any atom is -0.505 e. The molecule has 3 rings (SSSR count). The number of fused-ring (bicyclic) bond motifs is 1. The van der Waals surface area contributed by atoms with Crippen LogP contribution < -0.4 is 0 Å². The molecule has 6 heteroatoms. The summed E-state index contributed by atoms with van der Waals surface area (Å²) in [4.78, 5) is 16.9. The lowest BCUT2D eigenvalue weighted by Gasteiger charge is -2.30. The zero-order valence-corrected chi connectivity index (χ0v) is 17.1. The van der Waals surface area contributed by atoms with Crippen molar-refractivity contribution in [2.24, 2.45) is 5.10 Å². The molecule has 0 aliphatic carbocycles. The van der Waals surface area contributed by atoms with Gasteiger partial charge >= 0.3 is 5.97 Å². The number of pyridine rings is 1. The summed E-state index contributed by atoms with van der Waals surface area (Å²) in [6.45, 7) is 5.75. The fourth-order valence-corrected chi connectivity index (χ4v) is 3.44. The van der Waals surface area contributed by atoms with Crippen molar-refractivity contribution in [1.29, 1.82) is 0 Å². The summed E-state index contributed by atoms with van der Waals surface area (Å²) in [6, 6.07) is 10.2. The predicted octanol–water partition coefficient (Wildman–Crippen LogP) is 4.78. The van der Waals surface area contributed by atoms with Crippen LogP contribution in [-0.2, 0) is 16.0 Å². The minimum absolute atomic E-state index is 0.0364. The van der Waals surface area contributed by atoms with E-state index < -0.39 is 5.97 Å². The van der Waals surface area contributed by atoms with Crippen LogP contribution in [0.15, 0.2) is 53.4 Å². The first-order valence-corrected chi connectivity index (χ1v) is 9.62. The summed E-state index contributed by atoms with van der Waals surface area (Å²) >= 11 is 0. The number of carbonyl (C=O) groups excluding carboxylic acids is 1. The number of carbonyl (C=O) groups is 1. The van der Waals surface area contributed by atoms with Crippen molar-refractivity contribution in [3.8, 4) is 11.3 Å². The molecular weight excluding hydrogens is 366 g/mol. The molecule has 0 saturated carbocycles. The average molecular weight is 391 g/mol. The summed E-state index contributed by atoms with van der Waals surface area (Å²) in [5, 5.41) is 16.5. The van der Waals surface area contributed by atoms with Crippen LogP contribution in [0, 0.1) is 0 Å². The van der Waals surface area contributed by atoms with Crippen molar-refractivity contribution >= 4 is 23.6 Å². The third-order valence-corrected chi connectivity index (χ3v) is 4.74. The van der Waals surface area contributed by atoms with Gasteiger partial charge in [-0.3, -0.25) is 4.98 Å². The standard InChI is InChI=1S/C23H25N3O3/c1-5-9-15-10-8-11-16(12-15)19-13-17-18(14-24-19)22(27)21(23(28)29-4)26(25-7-3)20(17)6-2/h6-8,10-14,27H,5,9H2,1-4H3/b20-6+,25-7-. The lowest BCUT2D eigenvalue weighted by molar-refractivity contribution is -0.137. The molecule has 0 radical (unpaired) electrons. The van der Waals surface area contributed by atoms with Crippen molar-refractivity contribution in [3.05, 3.63) is 65.0 Å². The molecule has 29 heavy (non-hydrogen) atoms. The zero-order valence-electron chi connectivity index (χ0n) is 17.1. The Labute approximate surface area is 170 Å². The first-order chi connectivity index (χ1) is 14.0. The van der Waals surface area contributed by atoms with Gasteiger partial charge in [0, 0.05) is 29.1 Å². The quantitative estimate of drug-likeness (QED) is 0.586. The van der Waals surface area contributed by atoms with E-state index in [4.69, 9.17) is 4.74 Å². The smallest absolute Gasteiger partial charge is 0.360 e. The third kappa shape index (κ3) is 3.78. The molecule has 1 aliphatic heterocycles. The van der Waals surface area contributed by atoms with Gasteiger partial charge in [0.25, 0.3) is 0 Å². The predicted molar refractivity (Wildman–Crippen MR) is 115 cm³/mol. The van der Waals surface area contributed by atoms with Crippen molar-refractivity contribution in [2.75, 3.05) is 7.11 Å². The van der Waals surface area contributed by atoms with Crippen molar-refractivity contribution in [3.63, 3.8) is 0 Å². The van der Waals surface area contributed by atoms with E-state index in [0.717, 1.165) is 29.7 Å². The first-order valence-electron chi connectivity index (χ1n) is 9.62. The van der Waals surface area contributed by atoms with E-state index in [2.05, 4.69) is 29.1 Å². The molecule has 0 amide bonds. The highest BCUT2D eigenvalue weighted by Gasteiger charge is 2.34. The van der Waals surface area contributed by atoms with Gasteiger partial charge in [-0.05, 0) is 38.0 Å².